The summed E-state index contributed by atoms with van der Waals surface area (Å²) >= 11 is 1.28. The average Bonchev–Trinajstić information content (AvgIpc) is 2.77. The van der Waals surface area contributed by atoms with Crippen LogP contribution in [0.3, 0.4) is 0 Å². The van der Waals surface area contributed by atoms with Crippen molar-refractivity contribution in [1.82, 2.24) is 10.3 Å². The highest BCUT2D eigenvalue weighted by molar-refractivity contribution is 8.00. The van der Waals surface area contributed by atoms with Crippen molar-refractivity contribution in [3.05, 3.63) is 58.7 Å². The first-order valence-corrected chi connectivity index (χ1v) is 10.9. The van der Waals surface area contributed by atoms with E-state index in [0.29, 0.717) is 35.1 Å². The van der Waals surface area contributed by atoms with Crippen molar-refractivity contribution in [1.29, 1.82) is 5.26 Å². The number of nitrogens with one attached hydrogen (secondary N) is 1. The molecule has 2 aromatic carbocycles. The first kappa shape index (κ1) is 22.4. The molecule has 0 aliphatic carbocycles. The third-order valence-electron chi connectivity index (χ3n) is 4.86. The van der Waals surface area contributed by atoms with Gasteiger partial charge in [-0.2, -0.15) is 5.26 Å². The van der Waals surface area contributed by atoms with Gasteiger partial charge < -0.3 is 14.8 Å². The Morgan fingerprint density at radius 2 is 1.90 bits per heavy atom. The Labute approximate surface area is 186 Å². The van der Waals surface area contributed by atoms with Crippen LogP contribution >= 0.6 is 11.8 Å². The number of hydrogen-bond acceptors (Lipinski definition) is 6. The van der Waals surface area contributed by atoms with Gasteiger partial charge in [0.05, 0.1) is 31.1 Å². The predicted octanol–water partition coefficient (Wildman–Crippen LogP) is 4.19. The zero-order valence-electron chi connectivity index (χ0n) is 18.1. The van der Waals surface area contributed by atoms with E-state index >= 15 is 0 Å². The summed E-state index contributed by atoms with van der Waals surface area (Å²) in [7, 11) is 3.19. The summed E-state index contributed by atoms with van der Waals surface area (Å²) in [5, 5.41) is 13.9. The Bertz CT molecular complexity index is 1150. The molecule has 6 nitrogen and oxygen atoms in total. The second-order valence-electron chi connectivity index (χ2n) is 7.18. The van der Waals surface area contributed by atoms with Crippen LogP contribution in [0, 0.1) is 25.2 Å². The number of nitrogens with zero attached hydrogens (tertiary/aromatic N) is 2. The predicted molar refractivity (Wildman–Crippen MR) is 123 cm³/mol. The van der Waals surface area contributed by atoms with Crippen molar-refractivity contribution in [2.45, 2.75) is 25.3 Å². The molecule has 0 bridgehead atoms. The fraction of sp³-hybridized carbons (Fsp3) is 0.292. The lowest BCUT2D eigenvalue weighted by Gasteiger charge is -2.10. The van der Waals surface area contributed by atoms with Crippen molar-refractivity contribution in [3.63, 3.8) is 0 Å². The van der Waals surface area contributed by atoms with Gasteiger partial charge in [0.2, 0.25) is 5.91 Å². The molecule has 0 fully saturated rings. The lowest BCUT2D eigenvalue weighted by Crippen LogP contribution is -2.27. The highest BCUT2D eigenvalue weighted by Gasteiger charge is 2.12. The molecule has 0 spiro atoms. The maximum atomic E-state index is 12.3. The highest BCUT2D eigenvalue weighted by atomic mass is 32.2. The fourth-order valence-corrected chi connectivity index (χ4v) is 4.18. The molecular formula is C24H25N3O3S. The number of hydrogen-bond donors (Lipinski definition) is 1. The number of rotatable bonds is 8. The second kappa shape index (κ2) is 10.2. The Morgan fingerprint density at radius 1 is 1.13 bits per heavy atom. The summed E-state index contributed by atoms with van der Waals surface area (Å²) in [6.07, 6.45) is 0.674. The minimum atomic E-state index is -0.100. The maximum Gasteiger partial charge on any atom is 0.230 e. The Balaban J connectivity index is 1.59. The van der Waals surface area contributed by atoms with Gasteiger partial charge in [-0.3, -0.25) is 4.79 Å². The van der Waals surface area contributed by atoms with E-state index in [1.54, 1.807) is 14.2 Å². The van der Waals surface area contributed by atoms with Gasteiger partial charge in [0.25, 0.3) is 0 Å². The number of benzene rings is 2. The van der Waals surface area contributed by atoms with Gasteiger partial charge >= 0.3 is 0 Å². The summed E-state index contributed by atoms with van der Waals surface area (Å²) in [6, 6.07) is 13.8. The smallest absolute Gasteiger partial charge is 0.230 e. The van der Waals surface area contributed by atoms with Crippen LogP contribution in [0.25, 0.3) is 10.9 Å². The normalized spacial score (nSPS) is 10.5. The Morgan fingerprint density at radius 3 is 2.61 bits per heavy atom. The van der Waals surface area contributed by atoms with E-state index in [9.17, 15) is 10.1 Å². The number of carbonyl (C=O) groups is 1. The van der Waals surface area contributed by atoms with Gasteiger partial charge in [0.15, 0.2) is 11.5 Å². The second-order valence-corrected chi connectivity index (χ2v) is 8.15. The number of ether oxygens (including phenoxy) is 2. The van der Waals surface area contributed by atoms with Crippen molar-refractivity contribution >= 4 is 28.6 Å². The van der Waals surface area contributed by atoms with E-state index in [2.05, 4.69) is 22.4 Å². The van der Waals surface area contributed by atoms with Crippen LogP contribution in [0.15, 0.2) is 41.4 Å². The van der Waals surface area contributed by atoms with Crippen LogP contribution in [0.2, 0.25) is 0 Å². The van der Waals surface area contributed by atoms with Crippen LogP contribution in [-0.2, 0) is 11.2 Å². The van der Waals surface area contributed by atoms with Gasteiger partial charge in [-0.05, 0) is 55.7 Å². The number of fused-ring (bicyclic) bond motifs is 1. The molecule has 0 saturated heterocycles. The number of pyridine rings is 1. The van der Waals surface area contributed by atoms with Crippen LogP contribution in [0.5, 0.6) is 11.5 Å². The largest absolute Gasteiger partial charge is 0.493 e. The minimum absolute atomic E-state index is 0.100. The van der Waals surface area contributed by atoms with Crippen LogP contribution in [0.4, 0.5) is 0 Å². The van der Waals surface area contributed by atoms with E-state index in [0.717, 1.165) is 27.6 Å². The Kier molecular flexibility index (Phi) is 7.37. The number of aromatic nitrogens is 1. The monoisotopic (exact) mass is 435 g/mol. The van der Waals surface area contributed by atoms with Crippen molar-refractivity contribution in [2.24, 2.45) is 0 Å². The molecule has 3 aromatic rings. The third-order valence-corrected chi connectivity index (χ3v) is 5.85. The average molecular weight is 436 g/mol. The summed E-state index contributed by atoms with van der Waals surface area (Å²) in [5.74, 6) is 1.44. The molecule has 3 rings (SSSR count). The van der Waals surface area contributed by atoms with Crippen LogP contribution in [0.1, 0.15) is 22.3 Å². The van der Waals surface area contributed by atoms with Crippen molar-refractivity contribution in [3.8, 4) is 17.6 Å². The molecule has 0 atom stereocenters. The van der Waals surface area contributed by atoms with Crippen molar-refractivity contribution < 1.29 is 14.3 Å². The molecule has 0 aliphatic rings. The number of carbonyl (C=O) groups excluding carboxylic acids is 1. The SMILES string of the molecule is COc1ccc(CCNC(=O)CSc2nc3c(C)cc(C)cc3cc2C#N)cc1OC. The van der Waals surface area contributed by atoms with Gasteiger partial charge in [-0.25, -0.2) is 4.98 Å². The molecule has 0 radical (unpaired) electrons. The number of amides is 1. The molecule has 0 saturated carbocycles. The van der Waals surface area contributed by atoms with E-state index in [-0.39, 0.29) is 11.7 Å². The lowest BCUT2D eigenvalue weighted by atomic mass is 10.1. The van der Waals surface area contributed by atoms with E-state index in [1.807, 2.05) is 44.2 Å². The van der Waals surface area contributed by atoms with E-state index in [4.69, 9.17) is 9.47 Å². The number of nitriles is 1. The molecule has 1 amide bonds. The standard InChI is InChI=1S/C24H25N3O3S/c1-15-9-16(2)23-18(10-15)12-19(13-25)24(27-23)31-14-22(28)26-8-7-17-5-6-20(29-3)21(11-17)30-4/h5-6,9-12H,7-8,14H2,1-4H3,(H,26,28). The van der Waals surface area contributed by atoms with Gasteiger partial charge in [0.1, 0.15) is 11.1 Å². The summed E-state index contributed by atoms with van der Waals surface area (Å²) in [4.78, 5) is 17.0. The molecule has 31 heavy (non-hydrogen) atoms. The zero-order valence-corrected chi connectivity index (χ0v) is 18.9. The molecule has 1 aromatic heterocycles. The Hall–Kier alpha value is -3.24. The van der Waals surface area contributed by atoms with E-state index in [1.165, 1.54) is 11.8 Å². The lowest BCUT2D eigenvalue weighted by molar-refractivity contribution is -0.118. The van der Waals surface area contributed by atoms with Crippen molar-refractivity contribution in [2.75, 3.05) is 26.5 Å². The fourth-order valence-electron chi connectivity index (χ4n) is 3.39. The molecule has 1 N–H and O–H groups in total. The molecule has 160 valence electrons. The van der Waals surface area contributed by atoms with Gasteiger partial charge in [-0.1, -0.05) is 29.5 Å². The van der Waals surface area contributed by atoms with Crippen LogP contribution < -0.4 is 14.8 Å². The highest BCUT2D eigenvalue weighted by Crippen LogP contribution is 2.28. The van der Waals surface area contributed by atoms with Gasteiger partial charge in [0, 0.05) is 11.9 Å². The quantitative estimate of drug-likeness (QED) is 0.534. The number of aryl methyl sites for hydroxylation is 2. The minimum Gasteiger partial charge on any atom is -0.493 e. The molecule has 0 unspecified atom stereocenters. The molecular weight excluding hydrogens is 410 g/mol. The molecule has 1 heterocycles. The number of methoxy groups -OCH3 is 2. The summed E-state index contributed by atoms with van der Waals surface area (Å²) in [6.45, 7) is 4.53. The van der Waals surface area contributed by atoms with Crippen LogP contribution in [-0.4, -0.2) is 37.4 Å². The summed E-state index contributed by atoms with van der Waals surface area (Å²) < 4.78 is 10.6. The number of thioether (sulfide) groups is 1. The first-order valence-electron chi connectivity index (χ1n) is 9.87. The molecule has 7 heteroatoms. The topological polar surface area (TPSA) is 84.2 Å². The zero-order chi connectivity index (χ0) is 22.4. The van der Waals surface area contributed by atoms with Gasteiger partial charge in [-0.15, -0.1) is 0 Å². The summed E-state index contributed by atoms with van der Waals surface area (Å²) in [5.41, 5.74) is 4.58. The van der Waals surface area contributed by atoms with E-state index < -0.39 is 0 Å². The maximum absolute atomic E-state index is 12.3. The first-order chi connectivity index (χ1) is 14.9. The molecule has 0 aliphatic heterocycles. The third kappa shape index (κ3) is 5.47.